The van der Waals surface area contributed by atoms with E-state index in [1.807, 2.05) is 57.4 Å². The Morgan fingerprint density at radius 3 is 2.59 bits per heavy atom. The van der Waals surface area contributed by atoms with E-state index in [4.69, 9.17) is 11.6 Å². The van der Waals surface area contributed by atoms with E-state index in [1.54, 1.807) is 6.20 Å². The first-order chi connectivity index (χ1) is 18.7. The summed E-state index contributed by atoms with van der Waals surface area (Å²) in [6.07, 6.45) is 3.60. The molecule has 0 aliphatic carbocycles. The average molecular weight is 540 g/mol. The van der Waals surface area contributed by atoms with Gasteiger partial charge in [-0.2, -0.15) is 5.26 Å². The zero-order valence-electron chi connectivity index (χ0n) is 22.9. The van der Waals surface area contributed by atoms with Gasteiger partial charge in [0.05, 0.1) is 16.8 Å². The molecule has 0 radical (unpaired) electrons. The van der Waals surface area contributed by atoms with Gasteiger partial charge < -0.3 is 15.5 Å². The molecule has 0 fully saturated rings. The molecule has 0 aliphatic heterocycles. The van der Waals surface area contributed by atoms with Crippen molar-refractivity contribution in [2.24, 2.45) is 0 Å². The van der Waals surface area contributed by atoms with Crippen molar-refractivity contribution in [2.45, 2.75) is 39.0 Å². The average Bonchev–Trinajstić information content (AvgIpc) is 2.91. The summed E-state index contributed by atoms with van der Waals surface area (Å²) in [6, 6.07) is 22.4. The van der Waals surface area contributed by atoms with Crippen LogP contribution in [-0.2, 0) is 11.2 Å². The summed E-state index contributed by atoms with van der Waals surface area (Å²) in [5.74, 6) is 0.293. The number of pyridine rings is 1. The molecule has 4 aromatic rings. The number of anilines is 3. The summed E-state index contributed by atoms with van der Waals surface area (Å²) in [7, 11) is 3.98. The van der Waals surface area contributed by atoms with E-state index in [9.17, 15) is 10.1 Å². The summed E-state index contributed by atoms with van der Waals surface area (Å²) < 4.78 is 0. The predicted octanol–water partition coefficient (Wildman–Crippen LogP) is 7.44. The van der Waals surface area contributed by atoms with Crippen LogP contribution in [0.3, 0.4) is 0 Å². The Labute approximate surface area is 235 Å². The second-order valence-corrected chi connectivity index (χ2v) is 10.7. The minimum absolute atomic E-state index is 0.0368. The van der Waals surface area contributed by atoms with Gasteiger partial charge >= 0.3 is 0 Å². The number of fused-ring (bicyclic) bond motifs is 1. The molecule has 3 aromatic carbocycles. The molecule has 4 rings (SSSR count). The summed E-state index contributed by atoms with van der Waals surface area (Å²) in [5, 5.41) is 17.7. The molecule has 0 saturated heterocycles. The molecule has 0 bridgehead atoms. The van der Waals surface area contributed by atoms with Gasteiger partial charge in [-0.15, -0.1) is 0 Å². The minimum atomic E-state index is -0.0368. The van der Waals surface area contributed by atoms with Crippen LogP contribution in [0, 0.1) is 18.3 Å². The highest BCUT2D eigenvalue weighted by Crippen LogP contribution is 2.34. The van der Waals surface area contributed by atoms with Gasteiger partial charge in [-0.3, -0.25) is 9.78 Å². The molecule has 1 unspecified atom stereocenters. The SMILES string of the molecule is Cc1cc2ncc(C#N)c(Nc3ccc(CC(C)c4ccccc4)c(Cl)c3)c2cc1NC(=O)CCCN(C)C. The molecule has 1 heterocycles. The van der Waals surface area contributed by atoms with Crippen LogP contribution in [0.1, 0.15) is 47.9 Å². The number of hydrogen-bond acceptors (Lipinski definition) is 5. The second-order valence-electron chi connectivity index (χ2n) is 10.2. The predicted molar refractivity (Wildman–Crippen MR) is 161 cm³/mol. The molecule has 0 aliphatic rings. The number of hydrogen-bond donors (Lipinski definition) is 2. The number of aryl methyl sites for hydroxylation is 1. The van der Waals surface area contributed by atoms with Gasteiger partial charge in [0.1, 0.15) is 6.07 Å². The van der Waals surface area contributed by atoms with Gasteiger partial charge in [0.15, 0.2) is 0 Å². The number of carbonyl (C=O) groups is 1. The van der Waals surface area contributed by atoms with Crippen LogP contribution in [0.4, 0.5) is 17.1 Å². The van der Waals surface area contributed by atoms with E-state index in [0.29, 0.717) is 34.3 Å². The topological polar surface area (TPSA) is 81.0 Å². The van der Waals surface area contributed by atoms with Gasteiger partial charge in [0.25, 0.3) is 0 Å². The highest BCUT2D eigenvalue weighted by molar-refractivity contribution is 6.31. The lowest BCUT2D eigenvalue weighted by atomic mass is 9.93. The largest absolute Gasteiger partial charge is 0.354 e. The third-order valence-corrected chi connectivity index (χ3v) is 7.19. The van der Waals surface area contributed by atoms with Crippen molar-refractivity contribution in [3.05, 3.63) is 94.1 Å². The lowest BCUT2D eigenvalue weighted by Gasteiger charge is -2.17. The smallest absolute Gasteiger partial charge is 0.224 e. The van der Waals surface area contributed by atoms with Crippen molar-refractivity contribution < 1.29 is 4.79 Å². The number of nitriles is 1. The van der Waals surface area contributed by atoms with Crippen LogP contribution >= 0.6 is 11.6 Å². The number of halogens is 1. The van der Waals surface area contributed by atoms with Crippen molar-refractivity contribution in [1.82, 2.24) is 9.88 Å². The van der Waals surface area contributed by atoms with E-state index in [1.165, 1.54) is 5.56 Å². The molecule has 6 nitrogen and oxygen atoms in total. The van der Waals surface area contributed by atoms with E-state index in [0.717, 1.165) is 47.1 Å². The van der Waals surface area contributed by atoms with E-state index >= 15 is 0 Å². The Morgan fingerprint density at radius 2 is 1.90 bits per heavy atom. The Bertz CT molecular complexity index is 1510. The fourth-order valence-corrected chi connectivity index (χ4v) is 4.89. The molecule has 2 N–H and O–H groups in total. The maximum atomic E-state index is 12.6. The molecule has 1 amide bonds. The zero-order chi connectivity index (χ0) is 27.9. The molecule has 7 heteroatoms. The van der Waals surface area contributed by atoms with Gasteiger partial charge in [-0.1, -0.05) is 54.9 Å². The van der Waals surface area contributed by atoms with Crippen molar-refractivity contribution in [3.63, 3.8) is 0 Å². The number of nitrogens with zero attached hydrogens (tertiary/aromatic N) is 3. The normalized spacial score (nSPS) is 11.8. The summed E-state index contributed by atoms with van der Waals surface area (Å²) >= 11 is 6.72. The van der Waals surface area contributed by atoms with Crippen LogP contribution in [-0.4, -0.2) is 36.4 Å². The summed E-state index contributed by atoms with van der Waals surface area (Å²) in [4.78, 5) is 19.1. The van der Waals surface area contributed by atoms with Gasteiger partial charge in [-0.25, -0.2) is 0 Å². The molecule has 200 valence electrons. The molecule has 0 spiro atoms. The monoisotopic (exact) mass is 539 g/mol. The van der Waals surface area contributed by atoms with Crippen LogP contribution in [0.5, 0.6) is 0 Å². The first-order valence-corrected chi connectivity index (χ1v) is 13.5. The number of benzene rings is 3. The quantitative estimate of drug-likeness (QED) is 0.219. The highest BCUT2D eigenvalue weighted by Gasteiger charge is 2.15. The van der Waals surface area contributed by atoms with Gasteiger partial charge in [0.2, 0.25) is 5.91 Å². The maximum Gasteiger partial charge on any atom is 0.224 e. The number of nitrogens with one attached hydrogen (secondary N) is 2. The van der Waals surface area contributed by atoms with Crippen LogP contribution in [0.25, 0.3) is 10.9 Å². The number of carbonyl (C=O) groups excluding carboxylic acids is 1. The van der Waals surface area contributed by atoms with Gasteiger partial charge in [0, 0.05) is 34.4 Å². The third-order valence-electron chi connectivity index (χ3n) is 6.83. The Balaban J connectivity index is 1.59. The fourth-order valence-electron chi connectivity index (χ4n) is 4.63. The number of rotatable bonds is 10. The van der Waals surface area contributed by atoms with Crippen LogP contribution in [0.2, 0.25) is 5.02 Å². The fraction of sp³-hybridized carbons (Fsp3) is 0.281. The molecule has 1 aromatic heterocycles. The van der Waals surface area contributed by atoms with Crippen molar-refractivity contribution in [1.29, 1.82) is 5.26 Å². The van der Waals surface area contributed by atoms with Gasteiger partial charge in [-0.05, 0) is 87.3 Å². The van der Waals surface area contributed by atoms with Crippen LogP contribution in [0.15, 0.2) is 66.9 Å². The van der Waals surface area contributed by atoms with E-state index in [2.05, 4.69) is 57.8 Å². The summed E-state index contributed by atoms with van der Waals surface area (Å²) in [5.41, 5.74) is 6.50. The highest BCUT2D eigenvalue weighted by atomic mass is 35.5. The standard InChI is InChI=1S/C32H34ClN5O/c1-21(23-9-6-5-7-10-23)15-24-12-13-26(17-28(24)33)36-32-25(19-34)20-35-30-16-22(2)29(18-27(30)32)37-31(39)11-8-14-38(3)4/h5-7,9-10,12-13,16-18,20-21H,8,11,14-15H2,1-4H3,(H,35,36)(H,37,39). The Hall–Kier alpha value is -3.92. The van der Waals surface area contributed by atoms with Crippen molar-refractivity contribution in [2.75, 3.05) is 31.3 Å². The third kappa shape index (κ3) is 7.14. The number of aromatic nitrogens is 1. The minimum Gasteiger partial charge on any atom is -0.354 e. The zero-order valence-corrected chi connectivity index (χ0v) is 23.6. The second kappa shape index (κ2) is 12.8. The lowest BCUT2D eigenvalue weighted by Crippen LogP contribution is -2.17. The van der Waals surface area contributed by atoms with Crippen molar-refractivity contribution in [3.8, 4) is 6.07 Å². The Kier molecular flexibility index (Phi) is 9.19. The molecule has 1 atom stereocenters. The first kappa shape index (κ1) is 28.1. The molecular formula is C32H34ClN5O. The molecular weight excluding hydrogens is 506 g/mol. The van der Waals surface area contributed by atoms with Crippen molar-refractivity contribution >= 4 is 45.5 Å². The van der Waals surface area contributed by atoms with E-state index < -0.39 is 0 Å². The first-order valence-electron chi connectivity index (χ1n) is 13.1. The maximum absolute atomic E-state index is 12.6. The number of amides is 1. The summed E-state index contributed by atoms with van der Waals surface area (Å²) in [6.45, 7) is 4.98. The Morgan fingerprint density at radius 1 is 1.13 bits per heavy atom. The molecule has 0 saturated carbocycles. The van der Waals surface area contributed by atoms with Crippen LogP contribution < -0.4 is 10.6 Å². The molecule has 39 heavy (non-hydrogen) atoms. The van der Waals surface area contributed by atoms with E-state index in [-0.39, 0.29) is 5.91 Å². The lowest BCUT2D eigenvalue weighted by molar-refractivity contribution is -0.116.